The molecule has 0 aromatic carbocycles. The average molecular weight is 291 g/mol. The molecule has 7 heteroatoms. The maximum Gasteiger partial charge on any atom is 0.246 e. The largest absolute Gasteiger partial charge is 0.317 e. The van der Waals surface area contributed by atoms with Gasteiger partial charge in [-0.05, 0) is 25.2 Å². The molecule has 1 aromatic heterocycles. The van der Waals surface area contributed by atoms with Gasteiger partial charge >= 0.3 is 0 Å². The van der Waals surface area contributed by atoms with E-state index in [2.05, 4.69) is 29.4 Å². The molecule has 1 aromatic rings. The standard InChI is InChI=1S/C11H18N4OS.ClH/c1-7(2)6-8-14-15-10(17-8)13-9(16)11(12)4-3-5-11;/h7H,3-6,12H2,1-2H3,(H,13,15,16);1H. The Kier molecular flexibility index (Phi) is 5.07. The number of nitrogens with two attached hydrogens (primary N) is 1. The van der Waals surface area contributed by atoms with Gasteiger partial charge in [0.1, 0.15) is 5.01 Å². The van der Waals surface area contributed by atoms with Crippen LogP contribution in [0.25, 0.3) is 0 Å². The lowest BCUT2D eigenvalue weighted by Gasteiger charge is -2.35. The van der Waals surface area contributed by atoms with Crippen LogP contribution < -0.4 is 11.1 Å². The summed E-state index contributed by atoms with van der Waals surface area (Å²) in [7, 11) is 0. The molecule has 0 atom stereocenters. The van der Waals surface area contributed by atoms with E-state index in [1.54, 1.807) is 0 Å². The normalized spacial score (nSPS) is 16.9. The van der Waals surface area contributed by atoms with E-state index in [0.717, 1.165) is 30.7 Å². The number of hydrogen-bond donors (Lipinski definition) is 2. The third-order valence-electron chi connectivity index (χ3n) is 2.97. The second-order valence-electron chi connectivity index (χ2n) is 5.06. The molecule has 1 aliphatic rings. The van der Waals surface area contributed by atoms with Gasteiger partial charge in [0.15, 0.2) is 0 Å². The number of rotatable bonds is 4. The van der Waals surface area contributed by atoms with Crippen LogP contribution in [0.3, 0.4) is 0 Å². The summed E-state index contributed by atoms with van der Waals surface area (Å²) in [5, 5.41) is 12.3. The molecule has 0 aliphatic heterocycles. The van der Waals surface area contributed by atoms with Gasteiger partial charge in [-0.15, -0.1) is 22.6 Å². The zero-order valence-electron chi connectivity index (χ0n) is 10.6. The minimum Gasteiger partial charge on any atom is -0.317 e. The summed E-state index contributed by atoms with van der Waals surface area (Å²) in [6, 6.07) is 0. The summed E-state index contributed by atoms with van der Waals surface area (Å²) in [6.07, 6.45) is 3.44. The third-order valence-corrected chi connectivity index (χ3v) is 3.83. The van der Waals surface area contributed by atoms with Crippen molar-refractivity contribution in [3.8, 4) is 0 Å². The highest BCUT2D eigenvalue weighted by molar-refractivity contribution is 7.15. The molecule has 0 saturated heterocycles. The Balaban J connectivity index is 0.00000162. The summed E-state index contributed by atoms with van der Waals surface area (Å²) in [5.41, 5.74) is 5.25. The molecule has 102 valence electrons. The van der Waals surface area contributed by atoms with E-state index in [4.69, 9.17) is 5.73 Å². The van der Waals surface area contributed by atoms with Crippen LogP contribution in [0.5, 0.6) is 0 Å². The Labute approximate surface area is 117 Å². The van der Waals surface area contributed by atoms with Crippen molar-refractivity contribution in [2.75, 3.05) is 5.32 Å². The fourth-order valence-corrected chi connectivity index (χ4v) is 2.69. The predicted molar refractivity (Wildman–Crippen MR) is 75.1 cm³/mol. The first-order valence-corrected chi connectivity index (χ1v) is 6.74. The fourth-order valence-electron chi connectivity index (χ4n) is 1.74. The van der Waals surface area contributed by atoms with E-state index in [1.807, 2.05) is 0 Å². The molecular weight excluding hydrogens is 272 g/mol. The summed E-state index contributed by atoms with van der Waals surface area (Å²) < 4.78 is 0. The molecular formula is C11H19ClN4OS. The number of nitrogens with one attached hydrogen (secondary N) is 1. The van der Waals surface area contributed by atoms with Crippen LogP contribution in [0.1, 0.15) is 38.1 Å². The first-order valence-electron chi connectivity index (χ1n) is 5.92. The fraction of sp³-hybridized carbons (Fsp3) is 0.727. The second kappa shape index (κ2) is 5.95. The second-order valence-corrected chi connectivity index (χ2v) is 6.12. The highest BCUT2D eigenvalue weighted by atomic mass is 35.5. The van der Waals surface area contributed by atoms with Gasteiger partial charge in [0, 0.05) is 6.42 Å². The van der Waals surface area contributed by atoms with Gasteiger partial charge in [0.25, 0.3) is 0 Å². The van der Waals surface area contributed by atoms with Crippen LogP contribution in [0.2, 0.25) is 0 Å². The molecule has 0 bridgehead atoms. The number of carbonyl (C=O) groups is 1. The molecule has 1 heterocycles. The first-order chi connectivity index (χ1) is 7.99. The monoisotopic (exact) mass is 290 g/mol. The van der Waals surface area contributed by atoms with E-state index in [-0.39, 0.29) is 18.3 Å². The summed E-state index contributed by atoms with van der Waals surface area (Å²) >= 11 is 1.43. The van der Waals surface area contributed by atoms with Crippen LogP contribution >= 0.6 is 23.7 Å². The van der Waals surface area contributed by atoms with Crippen LogP contribution in [0, 0.1) is 5.92 Å². The van der Waals surface area contributed by atoms with Gasteiger partial charge < -0.3 is 5.73 Å². The summed E-state index contributed by atoms with van der Waals surface area (Å²) in [5.74, 6) is 0.412. The Morgan fingerprint density at radius 3 is 2.67 bits per heavy atom. The average Bonchev–Trinajstić information content (AvgIpc) is 2.60. The highest BCUT2D eigenvalue weighted by Crippen LogP contribution is 2.30. The number of halogens is 1. The topological polar surface area (TPSA) is 80.9 Å². The van der Waals surface area contributed by atoms with E-state index in [0.29, 0.717) is 11.0 Å². The molecule has 18 heavy (non-hydrogen) atoms. The highest BCUT2D eigenvalue weighted by Gasteiger charge is 2.40. The number of carbonyl (C=O) groups excluding carboxylic acids is 1. The van der Waals surface area contributed by atoms with Crippen molar-refractivity contribution in [1.82, 2.24) is 10.2 Å². The minimum atomic E-state index is -0.677. The van der Waals surface area contributed by atoms with Gasteiger partial charge in [0.2, 0.25) is 11.0 Å². The van der Waals surface area contributed by atoms with E-state index in [1.165, 1.54) is 11.3 Å². The maximum atomic E-state index is 11.9. The number of aromatic nitrogens is 2. The molecule has 0 radical (unpaired) electrons. The molecule has 1 aliphatic carbocycles. The molecule has 2 rings (SSSR count). The molecule has 1 saturated carbocycles. The maximum absolute atomic E-state index is 11.9. The number of nitrogens with zero attached hydrogens (tertiary/aromatic N) is 2. The van der Waals surface area contributed by atoms with Crippen molar-refractivity contribution >= 4 is 34.8 Å². The molecule has 1 amide bonds. The number of hydrogen-bond acceptors (Lipinski definition) is 5. The lowest BCUT2D eigenvalue weighted by molar-refractivity contribution is -0.123. The zero-order valence-corrected chi connectivity index (χ0v) is 12.2. The molecule has 0 unspecified atom stereocenters. The molecule has 1 fully saturated rings. The van der Waals surface area contributed by atoms with Crippen molar-refractivity contribution in [3.63, 3.8) is 0 Å². The van der Waals surface area contributed by atoms with Crippen molar-refractivity contribution < 1.29 is 4.79 Å². The van der Waals surface area contributed by atoms with Gasteiger partial charge in [-0.3, -0.25) is 10.1 Å². The number of anilines is 1. The number of amides is 1. The van der Waals surface area contributed by atoms with E-state index >= 15 is 0 Å². The molecule has 3 N–H and O–H groups in total. The van der Waals surface area contributed by atoms with Crippen LogP contribution in [0.15, 0.2) is 0 Å². The Hall–Kier alpha value is -0.720. The minimum absolute atomic E-state index is 0. The van der Waals surface area contributed by atoms with Gasteiger partial charge in [0.05, 0.1) is 5.54 Å². The smallest absolute Gasteiger partial charge is 0.246 e. The van der Waals surface area contributed by atoms with Crippen LogP contribution in [-0.2, 0) is 11.2 Å². The SMILES string of the molecule is CC(C)Cc1nnc(NC(=O)C2(N)CCC2)s1.Cl. The Morgan fingerprint density at radius 2 is 2.17 bits per heavy atom. The van der Waals surface area contributed by atoms with Crippen molar-refractivity contribution in [2.24, 2.45) is 11.7 Å². The van der Waals surface area contributed by atoms with E-state index in [9.17, 15) is 4.79 Å². The van der Waals surface area contributed by atoms with Crippen LogP contribution in [-0.4, -0.2) is 21.6 Å². The quantitative estimate of drug-likeness (QED) is 0.888. The summed E-state index contributed by atoms with van der Waals surface area (Å²) in [6.45, 7) is 4.26. The Bertz CT molecular complexity index is 417. The van der Waals surface area contributed by atoms with Crippen molar-refractivity contribution in [3.05, 3.63) is 5.01 Å². The van der Waals surface area contributed by atoms with Gasteiger partial charge in [-0.2, -0.15) is 0 Å². The zero-order chi connectivity index (χ0) is 12.5. The lowest BCUT2D eigenvalue weighted by atomic mass is 9.77. The third kappa shape index (κ3) is 3.40. The molecule has 5 nitrogen and oxygen atoms in total. The first kappa shape index (κ1) is 15.3. The van der Waals surface area contributed by atoms with Gasteiger partial charge in [-0.25, -0.2) is 0 Å². The van der Waals surface area contributed by atoms with Crippen molar-refractivity contribution in [1.29, 1.82) is 0 Å². The molecule has 0 spiro atoms. The van der Waals surface area contributed by atoms with E-state index < -0.39 is 5.54 Å². The van der Waals surface area contributed by atoms with Crippen molar-refractivity contribution in [2.45, 2.75) is 45.1 Å². The lowest BCUT2D eigenvalue weighted by Crippen LogP contribution is -2.56. The van der Waals surface area contributed by atoms with Crippen LogP contribution in [0.4, 0.5) is 5.13 Å². The van der Waals surface area contributed by atoms with Gasteiger partial charge in [-0.1, -0.05) is 25.2 Å². The predicted octanol–water partition coefficient (Wildman–Crippen LogP) is 1.98. The Morgan fingerprint density at radius 1 is 1.50 bits per heavy atom. The summed E-state index contributed by atoms with van der Waals surface area (Å²) in [4.78, 5) is 11.9.